The largest absolute Gasteiger partial charge is 0.504 e. The molecule has 3 aliphatic heterocycles. The molecule has 5 rings (SSSR count). The maximum atomic E-state index is 13.2. The molecule has 0 bridgehead atoms. The number of benzene rings is 2. The van der Waals surface area contributed by atoms with Crippen LogP contribution >= 0.6 is 0 Å². The SMILES string of the molecule is O=C1c2cccc(NCc3c(O)c(O)c(CN4CCOCC4)c(O)c3O)c2CN1C1(O)C(=O)NC(=O)C(O)(O)C1(O)O. The Hall–Kier alpha value is -4.23. The number of anilines is 1. The number of imide groups is 1. The average molecular weight is 593 g/mol. The standard InChI is InChI=1S/C25H28N4O13/c30-16-12(17(31)19(33)14(18(16)32)9-28-4-6-42-7-5-28)8-26-15-3-1-2-11-13(15)10-29(20(11)34)23(37)21(35)27-22(36)24(38,39)25(23,40)41/h1-3,26,30-33,37-41H,4-10H2,(H,27,35,36). The lowest BCUT2D eigenvalue weighted by Crippen LogP contribution is -2.85. The van der Waals surface area contributed by atoms with Crippen LogP contribution < -0.4 is 10.6 Å². The summed E-state index contributed by atoms with van der Waals surface area (Å²) in [6.45, 7) is 0.723. The summed E-state index contributed by atoms with van der Waals surface area (Å²) in [6.07, 6.45) is 0. The first-order valence-electron chi connectivity index (χ1n) is 12.6. The normalized spacial score (nSPS) is 23.5. The molecule has 11 N–H and O–H groups in total. The number of hydrogen-bond acceptors (Lipinski definition) is 15. The van der Waals surface area contributed by atoms with Crippen LogP contribution in [0.15, 0.2) is 18.2 Å². The summed E-state index contributed by atoms with van der Waals surface area (Å²) in [5, 5.41) is 98.4. The Bertz CT molecular complexity index is 1460. The van der Waals surface area contributed by atoms with Gasteiger partial charge in [-0.25, -0.2) is 0 Å². The summed E-state index contributed by atoms with van der Waals surface area (Å²) in [4.78, 5) is 39.6. The molecule has 226 valence electrons. The zero-order chi connectivity index (χ0) is 30.8. The Morgan fingerprint density at radius 1 is 0.857 bits per heavy atom. The second-order valence-corrected chi connectivity index (χ2v) is 10.1. The topological polar surface area (TPSA) is 273 Å². The lowest BCUT2D eigenvalue weighted by Gasteiger charge is -2.50. The van der Waals surface area contributed by atoms with Gasteiger partial charge in [0.2, 0.25) is 0 Å². The van der Waals surface area contributed by atoms with E-state index in [4.69, 9.17) is 4.74 Å². The molecule has 2 aromatic carbocycles. The number of carbonyl (C=O) groups excluding carboxylic acids is 3. The number of rotatable bonds is 6. The highest BCUT2D eigenvalue weighted by Crippen LogP contribution is 2.48. The first kappa shape index (κ1) is 29.3. The Kier molecular flexibility index (Phi) is 6.93. The first-order chi connectivity index (χ1) is 19.6. The zero-order valence-electron chi connectivity index (χ0n) is 21.7. The minimum absolute atomic E-state index is 0.0161. The second kappa shape index (κ2) is 9.95. The van der Waals surface area contributed by atoms with Crippen LogP contribution in [0.4, 0.5) is 5.69 Å². The van der Waals surface area contributed by atoms with Gasteiger partial charge < -0.3 is 56.0 Å². The molecule has 3 aliphatic rings. The summed E-state index contributed by atoms with van der Waals surface area (Å²) in [5.74, 6) is -16.1. The van der Waals surface area contributed by atoms with E-state index < -0.39 is 71.1 Å². The molecule has 0 spiro atoms. The highest BCUT2D eigenvalue weighted by molar-refractivity contribution is 6.10. The van der Waals surface area contributed by atoms with Crippen LogP contribution in [0.1, 0.15) is 27.0 Å². The van der Waals surface area contributed by atoms with Crippen molar-refractivity contribution < 1.29 is 65.1 Å². The van der Waals surface area contributed by atoms with Crippen molar-refractivity contribution in [3.8, 4) is 23.0 Å². The molecule has 2 aromatic rings. The molecule has 2 fully saturated rings. The fraction of sp³-hybridized carbons (Fsp3) is 0.400. The van der Waals surface area contributed by atoms with Crippen molar-refractivity contribution in [2.45, 2.75) is 36.9 Å². The Balaban J connectivity index is 1.42. The van der Waals surface area contributed by atoms with Crippen molar-refractivity contribution in [2.75, 3.05) is 31.6 Å². The molecule has 1 atom stereocenters. The van der Waals surface area contributed by atoms with Crippen LogP contribution in [0.2, 0.25) is 0 Å². The van der Waals surface area contributed by atoms with Gasteiger partial charge in [-0.1, -0.05) is 6.07 Å². The number of aromatic hydroxyl groups is 4. The smallest absolute Gasteiger partial charge is 0.306 e. The van der Waals surface area contributed by atoms with Crippen molar-refractivity contribution in [1.29, 1.82) is 0 Å². The molecule has 0 radical (unpaired) electrons. The number of aliphatic hydroxyl groups is 5. The van der Waals surface area contributed by atoms with Gasteiger partial charge in [0.25, 0.3) is 29.2 Å². The number of ether oxygens (including phenoxy) is 1. The van der Waals surface area contributed by atoms with E-state index >= 15 is 0 Å². The zero-order valence-corrected chi connectivity index (χ0v) is 21.7. The summed E-state index contributed by atoms with van der Waals surface area (Å²) >= 11 is 0. The van der Waals surface area contributed by atoms with Crippen molar-refractivity contribution in [1.82, 2.24) is 15.1 Å². The van der Waals surface area contributed by atoms with Crippen LogP contribution in [-0.4, -0.2) is 117 Å². The fourth-order valence-corrected chi connectivity index (χ4v) is 5.19. The van der Waals surface area contributed by atoms with E-state index in [1.807, 2.05) is 4.90 Å². The highest BCUT2D eigenvalue weighted by Gasteiger charge is 2.76. The molecule has 0 aliphatic carbocycles. The lowest BCUT2D eigenvalue weighted by molar-refractivity contribution is -0.407. The van der Waals surface area contributed by atoms with E-state index in [1.165, 1.54) is 23.5 Å². The van der Waals surface area contributed by atoms with Crippen LogP contribution in [0.5, 0.6) is 23.0 Å². The number of phenolic OH excluding ortho intramolecular Hbond substituents is 4. The van der Waals surface area contributed by atoms with Gasteiger partial charge in [0.05, 0.1) is 30.9 Å². The van der Waals surface area contributed by atoms with Crippen LogP contribution in [0, 0.1) is 0 Å². The molecular formula is C25H28N4O13. The van der Waals surface area contributed by atoms with Gasteiger partial charge in [-0.05, 0) is 12.1 Å². The minimum Gasteiger partial charge on any atom is -0.504 e. The summed E-state index contributed by atoms with van der Waals surface area (Å²) in [7, 11) is 0. The third kappa shape index (κ3) is 4.09. The van der Waals surface area contributed by atoms with E-state index in [0.717, 1.165) is 0 Å². The van der Waals surface area contributed by atoms with Gasteiger partial charge in [-0.3, -0.25) is 29.5 Å². The van der Waals surface area contributed by atoms with E-state index in [2.05, 4.69) is 5.32 Å². The molecule has 0 aromatic heterocycles. The first-order valence-corrected chi connectivity index (χ1v) is 12.6. The molecule has 3 heterocycles. The number of phenols is 4. The van der Waals surface area contributed by atoms with Crippen LogP contribution in [0.3, 0.4) is 0 Å². The molecule has 1 unspecified atom stereocenters. The average Bonchev–Trinajstić information content (AvgIpc) is 3.30. The number of fused-ring (bicyclic) bond motifs is 1. The fourth-order valence-electron chi connectivity index (χ4n) is 5.19. The van der Waals surface area contributed by atoms with Gasteiger partial charge in [-0.2, -0.15) is 0 Å². The van der Waals surface area contributed by atoms with Gasteiger partial charge in [0.15, 0.2) is 23.0 Å². The van der Waals surface area contributed by atoms with Gasteiger partial charge in [0.1, 0.15) is 0 Å². The predicted octanol–water partition coefficient (Wildman–Crippen LogP) is -3.38. The maximum absolute atomic E-state index is 13.2. The molecule has 17 heteroatoms. The molecule has 17 nitrogen and oxygen atoms in total. The van der Waals surface area contributed by atoms with Crippen LogP contribution in [-0.2, 0) is 34.0 Å². The third-order valence-corrected chi connectivity index (χ3v) is 7.72. The number of nitrogens with one attached hydrogen (secondary N) is 2. The summed E-state index contributed by atoms with van der Waals surface area (Å²) < 4.78 is 5.26. The van der Waals surface area contributed by atoms with Crippen molar-refractivity contribution in [2.24, 2.45) is 0 Å². The number of hydrogen-bond donors (Lipinski definition) is 11. The number of nitrogens with zero attached hydrogens (tertiary/aromatic N) is 2. The number of carbonyl (C=O) groups is 3. The Morgan fingerprint density at radius 3 is 2.07 bits per heavy atom. The molecule has 42 heavy (non-hydrogen) atoms. The number of piperidine rings is 1. The number of amides is 3. The molecule has 2 saturated heterocycles. The molecular weight excluding hydrogens is 564 g/mol. The van der Waals surface area contributed by atoms with Crippen molar-refractivity contribution in [3.05, 3.63) is 40.5 Å². The highest BCUT2D eigenvalue weighted by atomic mass is 16.6. The van der Waals surface area contributed by atoms with E-state index in [1.54, 1.807) is 0 Å². The second-order valence-electron chi connectivity index (χ2n) is 10.1. The maximum Gasteiger partial charge on any atom is 0.306 e. The summed E-state index contributed by atoms with van der Waals surface area (Å²) in [6, 6.07) is 4.04. The Morgan fingerprint density at radius 2 is 1.45 bits per heavy atom. The van der Waals surface area contributed by atoms with Gasteiger partial charge >= 0.3 is 5.79 Å². The van der Waals surface area contributed by atoms with Gasteiger partial charge in [-0.15, -0.1) is 0 Å². The monoisotopic (exact) mass is 592 g/mol. The van der Waals surface area contributed by atoms with E-state index in [9.17, 15) is 60.3 Å². The lowest BCUT2D eigenvalue weighted by atomic mass is 9.86. The summed E-state index contributed by atoms with van der Waals surface area (Å²) in [5.41, 5.74) is -4.18. The quantitative estimate of drug-likeness (QED) is 0.0676. The molecule has 0 saturated carbocycles. The van der Waals surface area contributed by atoms with Crippen molar-refractivity contribution in [3.63, 3.8) is 0 Å². The van der Waals surface area contributed by atoms with E-state index in [-0.39, 0.29) is 39.4 Å². The molecule has 3 amide bonds. The predicted molar refractivity (Wildman–Crippen MR) is 135 cm³/mol. The Labute approximate surface area is 236 Å². The minimum atomic E-state index is -4.26. The van der Waals surface area contributed by atoms with Crippen molar-refractivity contribution >= 4 is 23.4 Å². The van der Waals surface area contributed by atoms with Gasteiger partial charge in [0, 0.05) is 43.0 Å². The van der Waals surface area contributed by atoms with E-state index in [0.29, 0.717) is 26.3 Å². The number of morpholine rings is 1. The van der Waals surface area contributed by atoms with Crippen LogP contribution in [0.25, 0.3) is 0 Å². The third-order valence-electron chi connectivity index (χ3n) is 7.72.